The molecule has 9 heteroatoms. The third kappa shape index (κ3) is 4.86. The average Bonchev–Trinajstić information content (AvgIpc) is 3.07. The zero-order valence-electron chi connectivity index (χ0n) is 13.9. The van der Waals surface area contributed by atoms with Crippen molar-refractivity contribution in [2.75, 3.05) is 25.0 Å². The smallest absolute Gasteiger partial charge is 0.411 e. The summed E-state index contributed by atoms with van der Waals surface area (Å²) < 4.78 is 5.28. The van der Waals surface area contributed by atoms with Crippen LogP contribution in [0.4, 0.5) is 15.3 Å². The van der Waals surface area contributed by atoms with Gasteiger partial charge in [-0.25, -0.2) is 14.6 Å². The van der Waals surface area contributed by atoms with Gasteiger partial charge in [-0.15, -0.1) is 11.3 Å². The van der Waals surface area contributed by atoms with Gasteiger partial charge in [0, 0.05) is 29.7 Å². The fraction of sp³-hybridized carbons (Fsp3) is 0.353. The number of carboxylic acid groups (broad SMARTS) is 1. The van der Waals surface area contributed by atoms with E-state index in [0.717, 1.165) is 10.6 Å². The van der Waals surface area contributed by atoms with Crippen LogP contribution < -0.4 is 5.32 Å². The maximum Gasteiger partial charge on any atom is 0.411 e. The molecule has 1 aliphatic heterocycles. The molecule has 138 valence electrons. The van der Waals surface area contributed by atoms with E-state index in [1.54, 1.807) is 11.4 Å². The van der Waals surface area contributed by atoms with E-state index in [-0.39, 0.29) is 12.5 Å². The summed E-state index contributed by atoms with van der Waals surface area (Å²) in [7, 11) is 0. The van der Waals surface area contributed by atoms with Crippen LogP contribution in [-0.4, -0.2) is 46.9 Å². The minimum absolute atomic E-state index is 0.181. The molecule has 0 atom stereocenters. The Bertz CT molecular complexity index is 790. The highest BCUT2D eigenvalue weighted by molar-refractivity contribution is 7.13. The summed E-state index contributed by atoms with van der Waals surface area (Å²) in [5, 5.41) is 14.6. The van der Waals surface area contributed by atoms with E-state index >= 15 is 0 Å². The summed E-state index contributed by atoms with van der Waals surface area (Å²) in [6.45, 7) is 1.23. The molecular weight excluding hydrogens is 378 g/mol. The van der Waals surface area contributed by atoms with E-state index in [1.807, 2.05) is 18.2 Å². The molecule has 1 aromatic heterocycles. The largest absolute Gasteiger partial charge is 0.465 e. The van der Waals surface area contributed by atoms with Crippen LogP contribution in [-0.2, 0) is 4.74 Å². The van der Waals surface area contributed by atoms with E-state index in [9.17, 15) is 9.59 Å². The molecule has 0 radical (unpaired) electrons. The maximum atomic E-state index is 12.0. The van der Waals surface area contributed by atoms with E-state index in [0.29, 0.717) is 36.8 Å². The van der Waals surface area contributed by atoms with E-state index in [2.05, 4.69) is 10.3 Å². The zero-order valence-corrected chi connectivity index (χ0v) is 15.4. The third-order valence-electron chi connectivity index (χ3n) is 4.17. The number of benzene rings is 1. The van der Waals surface area contributed by atoms with Crippen molar-refractivity contribution in [1.82, 2.24) is 9.88 Å². The Kier molecular flexibility index (Phi) is 5.95. The molecule has 1 aromatic carbocycles. The molecule has 1 aliphatic rings. The van der Waals surface area contributed by atoms with Crippen LogP contribution in [0.15, 0.2) is 29.6 Å². The second kappa shape index (κ2) is 8.37. The summed E-state index contributed by atoms with van der Waals surface area (Å²) in [6.07, 6.45) is -0.0387. The van der Waals surface area contributed by atoms with Gasteiger partial charge in [0.15, 0.2) is 0 Å². The number of nitrogens with one attached hydrogen (secondary N) is 1. The number of thiazole rings is 1. The first-order valence-electron chi connectivity index (χ1n) is 8.14. The van der Waals surface area contributed by atoms with E-state index in [1.165, 1.54) is 16.2 Å². The fourth-order valence-corrected chi connectivity index (χ4v) is 3.70. The Morgan fingerprint density at radius 3 is 2.81 bits per heavy atom. The summed E-state index contributed by atoms with van der Waals surface area (Å²) in [5.74, 6) is 0.181. The lowest BCUT2D eigenvalue weighted by Crippen LogP contribution is -2.38. The first kappa shape index (κ1) is 18.5. The number of aromatic nitrogens is 1. The summed E-state index contributed by atoms with van der Waals surface area (Å²) in [6, 6.07) is 7.29. The van der Waals surface area contributed by atoms with Crippen molar-refractivity contribution < 1.29 is 19.4 Å². The van der Waals surface area contributed by atoms with Gasteiger partial charge >= 0.3 is 12.2 Å². The van der Waals surface area contributed by atoms with Crippen LogP contribution in [0.3, 0.4) is 0 Å². The molecule has 2 amide bonds. The monoisotopic (exact) mass is 395 g/mol. The molecule has 2 heterocycles. The van der Waals surface area contributed by atoms with E-state index < -0.39 is 12.2 Å². The Morgan fingerprint density at radius 1 is 1.38 bits per heavy atom. The topological polar surface area (TPSA) is 91.8 Å². The molecule has 0 unspecified atom stereocenters. The number of hydrogen-bond donors (Lipinski definition) is 2. The van der Waals surface area contributed by atoms with Gasteiger partial charge in [-0.2, -0.15) is 0 Å². The Balaban J connectivity index is 1.49. The molecular formula is C17H18ClN3O4S. The summed E-state index contributed by atoms with van der Waals surface area (Å²) >= 11 is 7.28. The predicted octanol–water partition coefficient (Wildman–Crippen LogP) is 4.40. The van der Waals surface area contributed by atoms with Gasteiger partial charge in [-0.3, -0.25) is 5.32 Å². The van der Waals surface area contributed by atoms with Gasteiger partial charge in [0.1, 0.15) is 10.2 Å². The molecule has 0 bridgehead atoms. The van der Waals surface area contributed by atoms with Crippen molar-refractivity contribution in [2.24, 2.45) is 5.92 Å². The molecule has 26 heavy (non-hydrogen) atoms. The van der Waals surface area contributed by atoms with Gasteiger partial charge in [0.05, 0.1) is 6.61 Å². The molecule has 3 rings (SSSR count). The summed E-state index contributed by atoms with van der Waals surface area (Å²) in [5.41, 5.74) is 1.47. The number of nitrogens with zero attached hydrogens (tertiary/aromatic N) is 2. The first-order valence-corrected chi connectivity index (χ1v) is 9.40. The number of ether oxygens (including phenoxy) is 1. The van der Waals surface area contributed by atoms with Crippen molar-refractivity contribution in [1.29, 1.82) is 0 Å². The highest BCUT2D eigenvalue weighted by atomic mass is 35.5. The number of piperidine rings is 1. The van der Waals surface area contributed by atoms with Crippen LogP contribution in [0.1, 0.15) is 12.8 Å². The lowest BCUT2D eigenvalue weighted by Gasteiger charge is -2.29. The van der Waals surface area contributed by atoms with Gasteiger partial charge in [0.2, 0.25) is 0 Å². The van der Waals surface area contributed by atoms with Crippen molar-refractivity contribution in [3.8, 4) is 10.6 Å². The Labute approximate surface area is 159 Å². The lowest BCUT2D eigenvalue weighted by atomic mass is 9.98. The van der Waals surface area contributed by atoms with Crippen molar-refractivity contribution in [3.63, 3.8) is 0 Å². The van der Waals surface area contributed by atoms with Gasteiger partial charge in [-0.1, -0.05) is 23.7 Å². The third-order valence-corrected chi connectivity index (χ3v) is 5.38. The molecule has 0 spiro atoms. The quantitative estimate of drug-likeness (QED) is 0.800. The number of likely N-dealkylation sites (tertiary alicyclic amines) is 1. The molecule has 0 saturated carbocycles. The lowest BCUT2D eigenvalue weighted by molar-refractivity contribution is 0.0948. The number of rotatable bonds is 4. The normalized spacial score (nSPS) is 14.9. The van der Waals surface area contributed by atoms with Gasteiger partial charge in [0.25, 0.3) is 0 Å². The number of carbonyl (C=O) groups excluding carboxylic acids is 1. The molecule has 2 N–H and O–H groups in total. The SMILES string of the molecule is O=C(Nc1cccc(-c2nc(Cl)cs2)c1)OCC1CCN(C(=O)O)CC1. The molecule has 0 aliphatic carbocycles. The minimum Gasteiger partial charge on any atom is -0.465 e. The standard InChI is InChI=1S/C17H18ClN3O4S/c18-14-10-26-15(20-14)12-2-1-3-13(8-12)19-16(22)25-9-11-4-6-21(7-5-11)17(23)24/h1-3,8,10-11H,4-7,9H2,(H,19,22)(H,23,24). The highest BCUT2D eigenvalue weighted by Gasteiger charge is 2.23. The van der Waals surface area contributed by atoms with Crippen molar-refractivity contribution in [2.45, 2.75) is 12.8 Å². The van der Waals surface area contributed by atoms with Crippen LogP contribution in [0.25, 0.3) is 10.6 Å². The molecule has 1 saturated heterocycles. The zero-order chi connectivity index (χ0) is 18.5. The number of halogens is 1. The fourth-order valence-electron chi connectivity index (χ4n) is 2.76. The van der Waals surface area contributed by atoms with Gasteiger partial charge in [-0.05, 0) is 30.9 Å². The van der Waals surface area contributed by atoms with Crippen LogP contribution in [0.2, 0.25) is 5.15 Å². The Hall–Kier alpha value is -2.32. The number of carbonyl (C=O) groups is 2. The number of hydrogen-bond acceptors (Lipinski definition) is 5. The second-order valence-electron chi connectivity index (χ2n) is 5.99. The van der Waals surface area contributed by atoms with E-state index in [4.69, 9.17) is 21.4 Å². The number of amides is 2. The number of anilines is 1. The van der Waals surface area contributed by atoms with Crippen molar-refractivity contribution in [3.05, 3.63) is 34.8 Å². The predicted molar refractivity (Wildman–Crippen MR) is 99.9 cm³/mol. The van der Waals surface area contributed by atoms with Crippen LogP contribution >= 0.6 is 22.9 Å². The molecule has 1 fully saturated rings. The second-order valence-corrected chi connectivity index (χ2v) is 7.24. The molecule has 7 nitrogen and oxygen atoms in total. The maximum absolute atomic E-state index is 12.0. The van der Waals surface area contributed by atoms with Gasteiger partial charge < -0.3 is 14.7 Å². The van der Waals surface area contributed by atoms with Crippen LogP contribution in [0.5, 0.6) is 0 Å². The summed E-state index contributed by atoms with van der Waals surface area (Å²) in [4.78, 5) is 28.5. The minimum atomic E-state index is -0.900. The first-order chi connectivity index (χ1) is 12.5. The van der Waals surface area contributed by atoms with Crippen molar-refractivity contribution >= 4 is 40.8 Å². The Morgan fingerprint density at radius 2 is 2.15 bits per heavy atom. The van der Waals surface area contributed by atoms with Crippen LogP contribution in [0, 0.1) is 5.92 Å². The molecule has 2 aromatic rings. The average molecular weight is 396 g/mol. The highest BCUT2D eigenvalue weighted by Crippen LogP contribution is 2.27.